The average Bonchev–Trinajstić information content (AvgIpc) is 3.24. The topological polar surface area (TPSA) is 116 Å². The Hall–Kier alpha value is -2.11. The zero-order chi connectivity index (χ0) is 23.1. The van der Waals surface area contributed by atoms with Gasteiger partial charge < -0.3 is 15.5 Å². The predicted molar refractivity (Wildman–Crippen MR) is 121 cm³/mol. The molecule has 11 heteroatoms. The number of piperidine rings is 1. The minimum atomic E-state index is -3.65. The second-order valence-electron chi connectivity index (χ2n) is 8.66. The summed E-state index contributed by atoms with van der Waals surface area (Å²) in [5.74, 6) is 0.254. The van der Waals surface area contributed by atoms with Crippen LogP contribution >= 0.6 is 11.8 Å². The van der Waals surface area contributed by atoms with Crippen molar-refractivity contribution in [1.82, 2.24) is 14.5 Å². The molecule has 3 amide bonds. The summed E-state index contributed by atoms with van der Waals surface area (Å²) in [6, 6.07) is 5.52. The third-order valence-corrected chi connectivity index (χ3v) is 9.78. The summed E-state index contributed by atoms with van der Waals surface area (Å²) in [6.45, 7) is 4.02. The van der Waals surface area contributed by atoms with Gasteiger partial charge in [-0.2, -0.15) is 4.31 Å². The molecule has 0 aromatic heterocycles. The van der Waals surface area contributed by atoms with Crippen molar-refractivity contribution in [2.24, 2.45) is 0 Å². The van der Waals surface area contributed by atoms with Crippen LogP contribution in [-0.2, 0) is 24.4 Å². The number of anilines is 1. The van der Waals surface area contributed by atoms with Crippen molar-refractivity contribution >= 4 is 45.2 Å². The quantitative estimate of drug-likeness (QED) is 0.658. The maximum atomic E-state index is 13.0. The molecule has 3 aliphatic rings. The van der Waals surface area contributed by atoms with Crippen molar-refractivity contribution in [2.45, 2.75) is 61.4 Å². The van der Waals surface area contributed by atoms with Crippen LogP contribution in [0.1, 0.15) is 39.5 Å². The number of nitrogens with zero attached hydrogens (tertiary/aromatic N) is 2. The number of thioether (sulfide) groups is 1. The molecular formula is C21H28N4O5S2. The third-order valence-electron chi connectivity index (χ3n) is 6.36. The van der Waals surface area contributed by atoms with Gasteiger partial charge in [0.1, 0.15) is 6.04 Å². The standard InChI is InChI=1S/C21H28N4O5S2/c1-14(26)22-15-3-5-17(6-4-15)32(29,30)24-11-8-16(9-12-24)23-20(28)18-13-31-21(2)10-7-19(27)25(18)21/h3-6,16,18H,7-13H2,1-2H3,(H,22,26)(H,23,28)/t18-,21-/m0/s1. The van der Waals surface area contributed by atoms with Crippen molar-refractivity contribution in [3.8, 4) is 0 Å². The Balaban J connectivity index is 1.33. The maximum Gasteiger partial charge on any atom is 0.243 e. The molecule has 0 bridgehead atoms. The molecule has 174 valence electrons. The lowest BCUT2D eigenvalue weighted by Crippen LogP contribution is -2.54. The lowest BCUT2D eigenvalue weighted by Gasteiger charge is -2.34. The zero-order valence-corrected chi connectivity index (χ0v) is 19.8. The molecule has 1 aromatic carbocycles. The molecule has 9 nitrogen and oxygen atoms in total. The molecule has 4 rings (SSSR count). The summed E-state index contributed by atoms with van der Waals surface area (Å²) >= 11 is 1.66. The first kappa shape index (κ1) is 23.1. The Morgan fingerprint density at radius 3 is 2.44 bits per heavy atom. The number of amides is 3. The van der Waals surface area contributed by atoms with Crippen molar-refractivity contribution in [3.63, 3.8) is 0 Å². The maximum absolute atomic E-state index is 13.0. The molecule has 3 saturated heterocycles. The van der Waals surface area contributed by atoms with E-state index in [4.69, 9.17) is 0 Å². The highest BCUT2D eigenvalue weighted by Crippen LogP contribution is 2.47. The number of carbonyl (C=O) groups excluding carboxylic acids is 3. The Morgan fingerprint density at radius 1 is 1.16 bits per heavy atom. The van der Waals surface area contributed by atoms with E-state index in [2.05, 4.69) is 10.6 Å². The monoisotopic (exact) mass is 480 g/mol. The molecule has 0 spiro atoms. The number of sulfonamides is 1. The Morgan fingerprint density at radius 2 is 1.81 bits per heavy atom. The van der Waals surface area contributed by atoms with E-state index in [0.29, 0.717) is 43.8 Å². The van der Waals surface area contributed by atoms with Crippen LogP contribution < -0.4 is 10.6 Å². The van der Waals surface area contributed by atoms with E-state index in [0.717, 1.165) is 6.42 Å². The fourth-order valence-corrected chi connectivity index (χ4v) is 7.52. The van der Waals surface area contributed by atoms with Crippen molar-refractivity contribution in [1.29, 1.82) is 0 Å². The van der Waals surface area contributed by atoms with Crippen molar-refractivity contribution in [3.05, 3.63) is 24.3 Å². The first-order valence-corrected chi connectivity index (χ1v) is 13.2. The van der Waals surface area contributed by atoms with Crippen molar-refractivity contribution in [2.75, 3.05) is 24.2 Å². The summed E-state index contributed by atoms with van der Waals surface area (Å²) < 4.78 is 27.3. The minimum Gasteiger partial charge on any atom is -0.351 e. The molecule has 2 N–H and O–H groups in total. The first-order chi connectivity index (χ1) is 15.1. The van der Waals surface area contributed by atoms with Gasteiger partial charge in [0.2, 0.25) is 27.7 Å². The molecule has 3 aliphatic heterocycles. The molecule has 0 radical (unpaired) electrons. The number of rotatable bonds is 5. The molecule has 3 heterocycles. The number of fused-ring (bicyclic) bond motifs is 1. The SMILES string of the molecule is CC(=O)Nc1ccc(S(=O)(=O)N2CCC(NC(=O)[C@@H]3CS[C@@]4(C)CCC(=O)N34)CC2)cc1. The second kappa shape index (κ2) is 8.68. The van der Waals surface area contributed by atoms with Crippen LogP contribution in [0.15, 0.2) is 29.2 Å². The van der Waals surface area contributed by atoms with Gasteiger partial charge in [-0.25, -0.2) is 8.42 Å². The largest absolute Gasteiger partial charge is 0.351 e. The van der Waals surface area contributed by atoms with Gasteiger partial charge in [-0.1, -0.05) is 0 Å². The molecule has 2 atom stereocenters. The zero-order valence-electron chi connectivity index (χ0n) is 18.2. The summed E-state index contributed by atoms with van der Waals surface area (Å²) in [7, 11) is -3.65. The first-order valence-electron chi connectivity index (χ1n) is 10.7. The van der Waals surface area contributed by atoms with E-state index in [-0.39, 0.29) is 33.5 Å². The highest BCUT2D eigenvalue weighted by Gasteiger charge is 2.53. The van der Waals surface area contributed by atoms with E-state index >= 15 is 0 Å². The number of benzene rings is 1. The van der Waals surface area contributed by atoms with E-state index in [9.17, 15) is 22.8 Å². The number of hydrogen-bond acceptors (Lipinski definition) is 6. The van der Waals surface area contributed by atoms with E-state index in [1.54, 1.807) is 28.8 Å². The predicted octanol–water partition coefficient (Wildman–Crippen LogP) is 1.37. The van der Waals surface area contributed by atoms with Gasteiger partial charge in [0.25, 0.3) is 0 Å². The molecule has 32 heavy (non-hydrogen) atoms. The van der Waals surface area contributed by atoms with Crippen LogP contribution in [0.3, 0.4) is 0 Å². The highest BCUT2D eigenvalue weighted by atomic mass is 32.2. The van der Waals surface area contributed by atoms with E-state index < -0.39 is 16.1 Å². The fourth-order valence-electron chi connectivity index (χ4n) is 4.62. The summed E-state index contributed by atoms with van der Waals surface area (Å²) in [5, 5.41) is 5.66. The molecular weight excluding hydrogens is 452 g/mol. The average molecular weight is 481 g/mol. The Labute approximate surface area is 192 Å². The molecule has 3 fully saturated rings. The summed E-state index contributed by atoms with van der Waals surface area (Å²) in [5.41, 5.74) is 0.538. The van der Waals surface area contributed by atoms with Gasteiger partial charge in [0.05, 0.1) is 9.77 Å². The van der Waals surface area contributed by atoms with Gasteiger partial charge in [0.15, 0.2) is 0 Å². The van der Waals surface area contributed by atoms with Gasteiger partial charge in [0, 0.05) is 43.9 Å². The van der Waals surface area contributed by atoms with Crippen LogP contribution in [0.25, 0.3) is 0 Å². The van der Waals surface area contributed by atoms with Gasteiger partial charge >= 0.3 is 0 Å². The van der Waals surface area contributed by atoms with E-state index in [1.807, 2.05) is 6.92 Å². The second-order valence-corrected chi connectivity index (χ2v) is 12.1. The number of carbonyl (C=O) groups is 3. The highest BCUT2D eigenvalue weighted by molar-refractivity contribution is 8.01. The van der Waals surface area contributed by atoms with Crippen LogP contribution in [0.5, 0.6) is 0 Å². The number of nitrogens with one attached hydrogen (secondary N) is 2. The molecule has 0 aliphatic carbocycles. The smallest absolute Gasteiger partial charge is 0.243 e. The van der Waals surface area contributed by atoms with Gasteiger partial charge in [-0.05, 0) is 50.5 Å². The van der Waals surface area contributed by atoms with Crippen LogP contribution in [0, 0.1) is 0 Å². The molecule has 0 unspecified atom stereocenters. The van der Waals surface area contributed by atoms with Gasteiger partial charge in [-0.15, -0.1) is 11.8 Å². The summed E-state index contributed by atoms with van der Waals surface area (Å²) in [4.78, 5) is 37.9. The molecule has 0 saturated carbocycles. The summed E-state index contributed by atoms with van der Waals surface area (Å²) in [6.07, 6.45) is 2.28. The normalized spacial score (nSPS) is 26.8. The lowest BCUT2D eigenvalue weighted by molar-refractivity contribution is -0.138. The van der Waals surface area contributed by atoms with Crippen LogP contribution in [0.2, 0.25) is 0 Å². The Bertz CT molecular complexity index is 1020. The Kier molecular flexibility index (Phi) is 6.25. The number of hydrogen-bond donors (Lipinski definition) is 2. The van der Waals surface area contributed by atoms with Crippen LogP contribution in [-0.4, -0.2) is 71.1 Å². The van der Waals surface area contributed by atoms with E-state index in [1.165, 1.54) is 23.4 Å². The molecule has 1 aromatic rings. The van der Waals surface area contributed by atoms with Crippen molar-refractivity contribution < 1.29 is 22.8 Å². The minimum absolute atomic E-state index is 0.0306. The lowest BCUT2D eigenvalue weighted by atomic mass is 10.1. The van der Waals surface area contributed by atoms with Crippen LogP contribution in [0.4, 0.5) is 5.69 Å². The van der Waals surface area contributed by atoms with Gasteiger partial charge in [-0.3, -0.25) is 14.4 Å². The third kappa shape index (κ3) is 4.38. The fraction of sp³-hybridized carbons (Fsp3) is 0.571.